The SMILES string of the molecule is O=S(=O)(c1cccc(-c2ccc(-n3ccnc3-c3ccccc3C(F)(F)F)cc2)c1)N1CCOCC1. The quantitative estimate of drug-likeness (QED) is 0.366. The molecule has 5 rings (SSSR count). The van der Waals surface area contributed by atoms with E-state index in [0.29, 0.717) is 37.6 Å². The molecule has 6 nitrogen and oxygen atoms in total. The summed E-state index contributed by atoms with van der Waals surface area (Å²) in [6, 6.07) is 19.2. The highest BCUT2D eigenvalue weighted by molar-refractivity contribution is 7.89. The zero-order chi connectivity index (χ0) is 25.3. The Balaban J connectivity index is 1.46. The molecule has 10 heteroatoms. The molecule has 1 aliphatic rings. The highest BCUT2D eigenvalue weighted by Crippen LogP contribution is 2.37. The van der Waals surface area contributed by atoms with Crippen molar-refractivity contribution in [1.82, 2.24) is 13.9 Å². The molecule has 0 saturated carbocycles. The van der Waals surface area contributed by atoms with Gasteiger partial charge in [0.05, 0.1) is 23.7 Å². The van der Waals surface area contributed by atoms with E-state index in [2.05, 4.69) is 4.98 Å². The first-order chi connectivity index (χ1) is 17.2. The fraction of sp³-hybridized carbons (Fsp3) is 0.192. The Hall–Kier alpha value is -3.47. The van der Waals surface area contributed by atoms with Gasteiger partial charge in [0.2, 0.25) is 10.0 Å². The summed E-state index contributed by atoms with van der Waals surface area (Å²) in [6.45, 7) is 1.35. The second-order valence-electron chi connectivity index (χ2n) is 8.26. The molecule has 1 aromatic heterocycles. The number of sulfonamides is 1. The maximum atomic E-state index is 13.6. The van der Waals surface area contributed by atoms with E-state index in [1.807, 2.05) is 6.07 Å². The molecule has 0 amide bonds. The minimum atomic E-state index is -4.51. The van der Waals surface area contributed by atoms with Gasteiger partial charge >= 0.3 is 6.18 Å². The van der Waals surface area contributed by atoms with Crippen LogP contribution in [0.2, 0.25) is 0 Å². The number of morpholine rings is 1. The predicted molar refractivity (Wildman–Crippen MR) is 129 cm³/mol. The summed E-state index contributed by atoms with van der Waals surface area (Å²) in [4.78, 5) is 4.38. The number of alkyl halides is 3. The van der Waals surface area contributed by atoms with E-state index in [0.717, 1.165) is 11.6 Å². The van der Waals surface area contributed by atoms with Crippen molar-refractivity contribution < 1.29 is 26.3 Å². The molecule has 186 valence electrons. The van der Waals surface area contributed by atoms with Crippen molar-refractivity contribution >= 4 is 10.0 Å². The van der Waals surface area contributed by atoms with Crippen molar-refractivity contribution in [3.63, 3.8) is 0 Å². The van der Waals surface area contributed by atoms with Gasteiger partial charge in [-0.15, -0.1) is 0 Å². The van der Waals surface area contributed by atoms with E-state index < -0.39 is 21.8 Å². The summed E-state index contributed by atoms with van der Waals surface area (Å²) >= 11 is 0. The summed E-state index contributed by atoms with van der Waals surface area (Å²) < 4.78 is 75.0. The van der Waals surface area contributed by atoms with Gasteiger partial charge in [0.25, 0.3) is 0 Å². The minimum absolute atomic E-state index is 0.0138. The fourth-order valence-corrected chi connectivity index (χ4v) is 5.68. The largest absolute Gasteiger partial charge is 0.417 e. The molecule has 1 saturated heterocycles. The lowest BCUT2D eigenvalue weighted by Crippen LogP contribution is -2.40. The van der Waals surface area contributed by atoms with Gasteiger partial charge in [-0.05, 0) is 41.5 Å². The molecule has 0 atom stereocenters. The van der Waals surface area contributed by atoms with Crippen LogP contribution in [0.5, 0.6) is 0 Å². The molecule has 1 aliphatic heterocycles. The van der Waals surface area contributed by atoms with E-state index in [9.17, 15) is 21.6 Å². The number of halogens is 3. The van der Waals surface area contributed by atoms with Gasteiger partial charge in [-0.25, -0.2) is 13.4 Å². The summed E-state index contributed by atoms with van der Waals surface area (Å²) in [5.41, 5.74) is 1.34. The average Bonchev–Trinajstić information content (AvgIpc) is 3.39. The highest BCUT2D eigenvalue weighted by atomic mass is 32.2. The normalized spacial score (nSPS) is 15.2. The molecule has 0 spiro atoms. The Kier molecular flexibility index (Phi) is 6.42. The molecule has 0 N–H and O–H groups in total. The van der Waals surface area contributed by atoms with Crippen LogP contribution < -0.4 is 0 Å². The van der Waals surface area contributed by atoms with Crippen molar-refractivity contribution in [2.24, 2.45) is 0 Å². The van der Waals surface area contributed by atoms with Crippen LogP contribution in [-0.4, -0.2) is 48.6 Å². The summed E-state index contributed by atoms with van der Waals surface area (Å²) in [7, 11) is -3.64. The van der Waals surface area contributed by atoms with E-state index in [4.69, 9.17) is 4.74 Å². The molecular formula is C26H22F3N3O3S. The molecule has 0 unspecified atom stereocenters. The lowest BCUT2D eigenvalue weighted by molar-refractivity contribution is -0.137. The maximum Gasteiger partial charge on any atom is 0.417 e. The van der Waals surface area contributed by atoms with Crippen molar-refractivity contribution in [1.29, 1.82) is 0 Å². The Labute approximate surface area is 206 Å². The zero-order valence-corrected chi connectivity index (χ0v) is 19.8. The molecule has 0 aliphatic carbocycles. The first-order valence-electron chi connectivity index (χ1n) is 11.2. The first-order valence-corrected chi connectivity index (χ1v) is 12.7. The summed E-state index contributed by atoms with van der Waals surface area (Å²) in [5, 5.41) is 0. The summed E-state index contributed by atoms with van der Waals surface area (Å²) in [6.07, 6.45) is -1.45. The van der Waals surface area contributed by atoms with Crippen LogP contribution >= 0.6 is 0 Å². The van der Waals surface area contributed by atoms with Gasteiger partial charge in [-0.2, -0.15) is 17.5 Å². The maximum absolute atomic E-state index is 13.6. The molecule has 1 fully saturated rings. The Bertz CT molecular complexity index is 1480. The topological polar surface area (TPSA) is 64.4 Å². The van der Waals surface area contributed by atoms with Gasteiger partial charge in [-0.1, -0.05) is 42.5 Å². The number of imidazole rings is 1. The van der Waals surface area contributed by atoms with Crippen molar-refractivity contribution in [2.45, 2.75) is 11.1 Å². The summed E-state index contributed by atoms with van der Waals surface area (Å²) in [5.74, 6) is 0.175. The van der Waals surface area contributed by atoms with Crippen LogP contribution in [0.1, 0.15) is 5.56 Å². The van der Waals surface area contributed by atoms with Crippen LogP contribution in [0.4, 0.5) is 13.2 Å². The fourth-order valence-electron chi connectivity index (χ4n) is 4.22. The van der Waals surface area contributed by atoms with Crippen LogP contribution in [-0.2, 0) is 20.9 Å². The monoisotopic (exact) mass is 513 g/mol. The second kappa shape index (κ2) is 9.53. The minimum Gasteiger partial charge on any atom is -0.379 e. The Morgan fingerprint density at radius 1 is 0.861 bits per heavy atom. The number of hydrogen-bond donors (Lipinski definition) is 0. The third-order valence-electron chi connectivity index (χ3n) is 6.03. The smallest absolute Gasteiger partial charge is 0.379 e. The number of aromatic nitrogens is 2. The van der Waals surface area contributed by atoms with Crippen LogP contribution in [0, 0.1) is 0 Å². The standard InChI is InChI=1S/C26H22F3N3O3S/c27-26(28,29)24-7-2-1-6-23(24)25-30-12-13-32(25)21-10-8-19(9-11-21)20-4-3-5-22(18-20)36(33,34)31-14-16-35-17-15-31/h1-13,18H,14-17H2. The number of hydrogen-bond acceptors (Lipinski definition) is 4. The van der Waals surface area contributed by atoms with Gasteiger partial charge in [0.15, 0.2) is 0 Å². The van der Waals surface area contributed by atoms with E-state index in [1.165, 1.54) is 22.6 Å². The Morgan fingerprint density at radius 3 is 2.31 bits per heavy atom. The average molecular weight is 514 g/mol. The van der Waals surface area contributed by atoms with E-state index in [-0.39, 0.29) is 16.3 Å². The van der Waals surface area contributed by atoms with Gasteiger partial charge < -0.3 is 4.74 Å². The molecule has 3 aromatic carbocycles. The van der Waals surface area contributed by atoms with Gasteiger partial charge in [0.1, 0.15) is 5.82 Å². The zero-order valence-electron chi connectivity index (χ0n) is 19.0. The molecule has 0 radical (unpaired) electrons. The van der Waals surface area contributed by atoms with Gasteiger partial charge in [-0.3, -0.25) is 4.57 Å². The molecule has 4 aromatic rings. The van der Waals surface area contributed by atoms with Crippen LogP contribution in [0.15, 0.2) is 90.1 Å². The van der Waals surface area contributed by atoms with Gasteiger partial charge in [0, 0.05) is 36.7 Å². The lowest BCUT2D eigenvalue weighted by atomic mass is 10.0. The van der Waals surface area contributed by atoms with Crippen molar-refractivity contribution in [3.8, 4) is 28.2 Å². The number of nitrogens with zero attached hydrogens (tertiary/aromatic N) is 3. The Morgan fingerprint density at radius 2 is 1.58 bits per heavy atom. The molecule has 0 bridgehead atoms. The number of benzene rings is 3. The van der Waals surface area contributed by atoms with Crippen LogP contribution in [0.25, 0.3) is 28.2 Å². The van der Waals surface area contributed by atoms with Crippen LogP contribution in [0.3, 0.4) is 0 Å². The van der Waals surface area contributed by atoms with Crippen molar-refractivity contribution in [2.75, 3.05) is 26.3 Å². The molecule has 36 heavy (non-hydrogen) atoms. The third kappa shape index (κ3) is 4.67. The first kappa shape index (κ1) is 24.2. The molecular weight excluding hydrogens is 491 g/mol. The van der Waals surface area contributed by atoms with Crippen molar-refractivity contribution in [3.05, 3.63) is 90.8 Å². The second-order valence-corrected chi connectivity index (χ2v) is 10.2. The number of rotatable bonds is 5. The van der Waals surface area contributed by atoms with E-state index in [1.54, 1.807) is 59.3 Å². The van der Waals surface area contributed by atoms with E-state index >= 15 is 0 Å². The number of ether oxygens (including phenoxy) is 1. The predicted octanol–water partition coefficient (Wildman–Crippen LogP) is 5.25. The third-order valence-corrected chi connectivity index (χ3v) is 7.93. The highest BCUT2D eigenvalue weighted by Gasteiger charge is 2.34. The lowest BCUT2D eigenvalue weighted by Gasteiger charge is -2.26. The molecule has 2 heterocycles.